The predicted molar refractivity (Wildman–Crippen MR) is 72.7 cm³/mol. The lowest BCUT2D eigenvalue weighted by molar-refractivity contribution is -0.125. The number of hydrogen-bond acceptors (Lipinski definition) is 3. The first-order chi connectivity index (χ1) is 9.08. The molecule has 1 aromatic carbocycles. The number of amides is 2. The maximum Gasteiger partial charge on any atom is 0.269 e. The van der Waals surface area contributed by atoms with Crippen LogP contribution in [0, 0.1) is 5.92 Å². The molecular weight excluding hydrogens is 244 g/mol. The second kappa shape index (κ2) is 7.41. The van der Waals surface area contributed by atoms with Crippen molar-refractivity contribution in [3.63, 3.8) is 0 Å². The molecule has 1 atom stereocenters. The molecule has 19 heavy (non-hydrogen) atoms. The van der Waals surface area contributed by atoms with Gasteiger partial charge in [0.1, 0.15) is 5.75 Å². The summed E-state index contributed by atoms with van der Waals surface area (Å²) in [4.78, 5) is 23.3. The minimum Gasteiger partial charge on any atom is -0.494 e. The Bertz CT molecular complexity index is 429. The summed E-state index contributed by atoms with van der Waals surface area (Å²) >= 11 is 0. The van der Waals surface area contributed by atoms with E-state index in [1.165, 1.54) is 0 Å². The number of carbonyl (C=O) groups is 2. The Balaban J connectivity index is 2.51. The largest absolute Gasteiger partial charge is 0.494 e. The first kappa shape index (κ1) is 15.0. The fourth-order valence-corrected chi connectivity index (χ4v) is 1.37. The van der Waals surface area contributed by atoms with Crippen LogP contribution in [-0.2, 0) is 4.79 Å². The molecule has 0 heterocycles. The predicted octanol–water partition coefficient (Wildman–Crippen LogP) is 1.89. The molecule has 1 rings (SSSR count). The van der Waals surface area contributed by atoms with Gasteiger partial charge in [-0.05, 0) is 37.6 Å². The molecule has 0 fully saturated rings. The third-order valence-corrected chi connectivity index (χ3v) is 2.79. The van der Waals surface area contributed by atoms with Gasteiger partial charge < -0.3 is 4.74 Å². The Kier molecular flexibility index (Phi) is 5.85. The van der Waals surface area contributed by atoms with Gasteiger partial charge in [-0.15, -0.1) is 0 Å². The van der Waals surface area contributed by atoms with Crippen molar-refractivity contribution in [2.24, 2.45) is 5.92 Å². The summed E-state index contributed by atoms with van der Waals surface area (Å²) in [7, 11) is 0. The first-order valence-electron chi connectivity index (χ1n) is 6.41. The molecule has 5 nitrogen and oxygen atoms in total. The second-order valence-corrected chi connectivity index (χ2v) is 4.21. The molecular formula is C14H20N2O3. The standard InChI is InChI=1S/C14H20N2O3/c1-4-10(3)13(17)15-16-14(18)11-6-8-12(9-7-11)19-5-2/h6-10H,4-5H2,1-3H3,(H,15,17)(H,16,18). The maximum absolute atomic E-state index is 11.8. The fourth-order valence-electron chi connectivity index (χ4n) is 1.37. The molecule has 104 valence electrons. The van der Waals surface area contributed by atoms with Gasteiger partial charge in [0, 0.05) is 11.5 Å². The van der Waals surface area contributed by atoms with Gasteiger partial charge in [0.25, 0.3) is 5.91 Å². The number of hydrogen-bond donors (Lipinski definition) is 2. The zero-order valence-corrected chi connectivity index (χ0v) is 11.5. The van der Waals surface area contributed by atoms with Crippen molar-refractivity contribution in [1.82, 2.24) is 10.9 Å². The van der Waals surface area contributed by atoms with E-state index in [0.29, 0.717) is 17.9 Å². The quantitative estimate of drug-likeness (QED) is 0.798. The Hall–Kier alpha value is -2.04. The number of benzene rings is 1. The lowest BCUT2D eigenvalue weighted by Crippen LogP contribution is -2.43. The third-order valence-electron chi connectivity index (χ3n) is 2.79. The Morgan fingerprint density at radius 1 is 1.16 bits per heavy atom. The molecule has 0 saturated heterocycles. The van der Waals surface area contributed by atoms with Crippen LogP contribution in [-0.4, -0.2) is 18.4 Å². The molecule has 0 radical (unpaired) electrons. The van der Waals surface area contributed by atoms with Crippen molar-refractivity contribution >= 4 is 11.8 Å². The SMILES string of the molecule is CCOc1ccc(C(=O)NNC(=O)C(C)CC)cc1. The second-order valence-electron chi connectivity index (χ2n) is 4.21. The molecule has 0 aliphatic heterocycles. The van der Waals surface area contributed by atoms with Gasteiger partial charge in [-0.1, -0.05) is 13.8 Å². The van der Waals surface area contributed by atoms with Crippen molar-refractivity contribution in [3.8, 4) is 5.75 Å². The third kappa shape index (κ3) is 4.62. The highest BCUT2D eigenvalue weighted by Crippen LogP contribution is 2.11. The number of ether oxygens (including phenoxy) is 1. The zero-order valence-electron chi connectivity index (χ0n) is 11.5. The number of nitrogens with one attached hydrogen (secondary N) is 2. The van der Waals surface area contributed by atoms with Crippen molar-refractivity contribution in [2.45, 2.75) is 27.2 Å². The lowest BCUT2D eigenvalue weighted by atomic mass is 10.1. The number of rotatable bonds is 5. The molecule has 5 heteroatoms. The van der Waals surface area contributed by atoms with Crippen molar-refractivity contribution in [3.05, 3.63) is 29.8 Å². The maximum atomic E-state index is 11.8. The van der Waals surface area contributed by atoms with Crippen LogP contribution in [0.25, 0.3) is 0 Å². The Labute approximate surface area is 113 Å². The van der Waals surface area contributed by atoms with E-state index < -0.39 is 0 Å². The van der Waals surface area contributed by atoms with Crippen LogP contribution in [0.5, 0.6) is 5.75 Å². The highest BCUT2D eigenvalue weighted by Gasteiger charge is 2.12. The van der Waals surface area contributed by atoms with Crippen molar-refractivity contribution in [1.29, 1.82) is 0 Å². The van der Waals surface area contributed by atoms with E-state index >= 15 is 0 Å². The van der Waals surface area contributed by atoms with Gasteiger partial charge in [-0.3, -0.25) is 20.4 Å². The molecule has 0 aliphatic carbocycles. The summed E-state index contributed by atoms with van der Waals surface area (Å²) in [5, 5.41) is 0. The lowest BCUT2D eigenvalue weighted by Gasteiger charge is -2.11. The van der Waals surface area contributed by atoms with E-state index in [9.17, 15) is 9.59 Å². The minimum absolute atomic E-state index is 0.124. The van der Waals surface area contributed by atoms with Crippen LogP contribution in [0.2, 0.25) is 0 Å². The molecule has 1 aromatic rings. The number of hydrazine groups is 1. The summed E-state index contributed by atoms with van der Waals surface area (Å²) in [6.45, 7) is 6.19. The highest BCUT2D eigenvalue weighted by molar-refractivity contribution is 5.95. The van der Waals surface area contributed by atoms with E-state index in [2.05, 4.69) is 10.9 Å². The topological polar surface area (TPSA) is 67.4 Å². The van der Waals surface area contributed by atoms with Crippen LogP contribution >= 0.6 is 0 Å². The van der Waals surface area contributed by atoms with Gasteiger partial charge in [0.05, 0.1) is 6.61 Å². The smallest absolute Gasteiger partial charge is 0.269 e. The van der Waals surface area contributed by atoms with Gasteiger partial charge >= 0.3 is 0 Å². The zero-order chi connectivity index (χ0) is 14.3. The highest BCUT2D eigenvalue weighted by atomic mass is 16.5. The summed E-state index contributed by atoms with van der Waals surface area (Å²) in [6, 6.07) is 6.73. The van der Waals surface area contributed by atoms with Crippen LogP contribution in [0.1, 0.15) is 37.6 Å². The average Bonchev–Trinajstić information content (AvgIpc) is 2.44. The van der Waals surface area contributed by atoms with E-state index in [0.717, 1.165) is 6.42 Å². The van der Waals surface area contributed by atoms with Crippen LogP contribution in [0.4, 0.5) is 0 Å². The molecule has 2 N–H and O–H groups in total. The number of carbonyl (C=O) groups excluding carboxylic acids is 2. The molecule has 0 aromatic heterocycles. The van der Waals surface area contributed by atoms with Crippen molar-refractivity contribution in [2.75, 3.05) is 6.61 Å². The van der Waals surface area contributed by atoms with E-state index in [-0.39, 0.29) is 17.7 Å². The summed E-state index contributed by atoms with van der Waals surface area (Å²) in [6.07, 6.45) is 0.727. The first-order valence-corrected chi connectivity index (χ1v) is 6.41. The monoisotopic (exact) mass is 264 g/mol. The summed E-state index contributed by atoms with van der Waals surface area (Å²) in [5.74, 6) is 0.0461. The van der Waals surface area contributed by atoms with Crippen LogP contribution in [0.15, 0.2) is 24.3 Å². The average molecular weight is 264 g/mol. The van der Waals surface area contributed by atoms with E-state index in [1.54, 1.807) is 31.2 Å². The summed E-state index contributed by atoms with van der Waals surface area (Å²) in [5.41, 5.74) is 5.25. The van der Waals surface area contributed by atoms with Gasteiger partial charge in [0.15, 0.2) is 0 Å². The van der Waals surface area contributed by atoms with Gasteiger partial charge in [-0.25, -0.2) is 0 Å². The molecule has 0 bridgehead atoms. The minimum atomic E-state index is -0.347. The molecule has 0 spiro atoms. The van der Waals surface area contributed by atoms with E-state index in [1.807, 2.05) is 13.8 Å². The van der Waals surface area contributed by atoms with Crippen molar-refractivity contribution < 1.29 is 14.3 Å². The Morgan fingerprint density at radius 3 is 2.32 bits per heavy atom. The van der Waals surface area contributed by atoms with Crippen LogP contribution < -0.4 is 15.6 Å². The van der Waals surface area contributed by atoms with Gasteiger partial charge in [-0.2, -0.15) is 0 Å². The molecule has 0 aliphatic rings. The molecule has 1 unspecified atom stereocenters. The molecule has 2 amide bonds. The molecule has 0 saturated carbocycles. The van der Waals surface area contributed by atoms with E-state index in [4.69, 9.17) is 4.74 Å². The normalized spacial score (nSPS) is 11.5. The fraction of sp³-hybridized carbons (Fsp3) is 0.429. The van der Waals surface area contributed by atoms with Crippen LogP contribution in [0.3, 0.4) is 0 Å². The Morgan fingerprint density at radius 2 is 1.79 bits per heavy atom. The summed E-state index contributed by atoms with van der Waals surface area (Å²) < 4.78 is 5.28. The van der Waals surface area contributed by atoms with Gasteiger partial charge in [0.2, 0.25) is 5.91 Å².